The number of benzene rings is 1. The Morgan fingerprint density at radius 3 is 2.58 bits per heavy atom. The lowest BCUT2D eigenvalue weighted by atomic mass is 9.96. The fourth-order valence-corrected chi connectivity index (χ4v) is 3.78. The van der Waals surface area contributed by atoms with Crippen LogP contribution in [-0.4, -0.2) is 36.2 Å². The molecule has 1 amide bonds. The molecule has 0 bridgehead atoms. The Morgan fingerprint density at radius 2 is 2.04 bits per heavy atom. The number of thioether (sulfide) groups is 1. The van der Waals surface area contributed by atoms with E-state index in [4.69, 9.17) is 4.74 Å². The second-order valence-corrected chi connectivity index (χ2v) is 7.03. The van der Waals surface area contributed by atoms with E-state index in [-0.39, 0.29) is 5.91 Å². The number of likely N-dealkylation sites (N-methyl/N-ethyl adjacent to an activating group) is 1. The van der Waals surface area contributed by atoms with E-state index in [0.29, 0.717) is 19.0 Å². The number of methoxy groups -OCH3 is 1. The highest BCUT2D eigenvalue weighted by atomic mass is 32.2. The van der Waals surface area contributed by atoms with Crippen LogP contribution < -0.4 is 4.74 Å². The van der Waals surface area contributed by atoms with Crippen molar-refractivity contribution in [2.75, 3.05) is 20.2 Å². The fraction of sp³-hybridized carbons (Fsp3) is 0.474. The molecule has 0 atom stereocenters. The standard InChI is InChI=1S/C19H26N2O2S/c1-7-20-19-21(8-2)18(22)17(24-19)11-14-10-15(12(3)4)16(23-6)9-13(14)5/h9-12H,7-8H2,1-6H3/b17-11-,20-19?. The molecule has 4 nitrogen and oxygen atoms in total. The van der Waals surface area contributed by atoms with Crippen molar-refractivity contribution in [2.24, 2.45) is 4.99 Å². The van der Waals surface area contributed by atoms with Crippen LogP contribution in [-0.2, 0) is 4.79 Å². The first-order valence-electron chi connectivity index (χ1n) is 8.37. The Morgan fingerprint density at radius 1 is 1.33 bits per heavy atom. The van der Waals surface area contributed by atoms with Gasteiger partial charge in [0.1, 0.15) is 5.75 Å². The molecular weight excluding hydrogens is 320 g/mol. The predicted molar refractivity (Wildman–Crippen MR) is 103 cm³/mol. The third-order valence-corrected chi connectivity index (χ3v) is 5.07. The van der Waals surface area contributed by atoms with E-state index in [2.05, 4.69) is 24.9 Å². The number of aryl methyl sites for hydroxylation is 1. The molecule has 0 radical (unpaired) electrons. The van der Waals surface area contributed by atoms with Gasteiger partial charge in [0.05, 0.1) is 12.0 Å². The highest BCUT2D eigenvalue weighted by molar-refractivity contribution is 8.18. The average molecular weight is 346 g/mol. The molecule has 2 rings (SSSR count). The molecule has 130 valence electrons. The summed E-state index contributed by atoms with van der Waals surface area (Å²) in [7, 11) is 1.70. The zero-order valence-electron chi connectivity index (χ0n) is 15.3. The SMILES string of the molecule is CCN=C1S/C(=C\c2cc(C(C)C)c(OC)cc2C)C(=O)N1CC. The molecule has 0 aromatic heterocycles. The van der Waals surface area contributed by atoms with Gasteiger partial charge in [-0.1, -0.05) is 13.8 Å². The Balaban J connectivity index is 2.46. The van der Waals surface area contributed by atoms with Crippen LogP contribution in [0.4, 0.5) is 0 Å². The summed E-state index contributed by atoms with van der Waals surface area (Å²) in [5, 5.41) is 0.798. The quantitative estimate of drug-likeness (QED) is 0.740. The lowest BCUT2D eigenvalue weighted by Gasteiger charge is -2.15. The third-order valence-electron chi connectivity index (χ3n) is 4.02. The van der Waals surface area contributed by atoms with Crippen molar-refractivity contribution in [3.05, 3.63) is 33.7 Å². The summed E-state index contributed by atoms with van der Waals surface area (Å²) in [5.41, 5.74) is 3.31. The molecule has 1 aliphatic heterocycles. The lowest BCUT2D eigenvalue weighted by Crippen LogP contribution is -2.28. The van der Waals surface area contributed by atoms with E-state index in [9.17, 15) is 4.79 Å². The minimum Gasteiger partial charge on any atom is -0.496 e. The summed E-state index contributed by atoms with van der Waals surface area (Å²) in [6.45, 7) is 11.6. The molecule has 24 heavy (non-hydrogen) atoms. The number of nitrogens with zero attached hydrogens (tertiary/aromatic N) is 2. The van der Waals surface area contributed by atoms with E-state index in [1.807, 2.05) is 32.9 Å². The highest BCUT2D eigenvalue weighted by Crippen LogP contribution is 2.35. The number of hydrogen-bond acceptors (Lipinski definition) is 4. The van der Waals surface area contributed by atoms with Crippen molar-refractivity contribution in [3.8, 4) is 5.75 Å². The summed E-state index contributed by atoms with van der Waals surface area (Å²) in [5.74, 6) is 1.29. The second-order valence-electron chi connectivity index (χ2n) is 6.02. The van der Waals surface area contributed by atoms with Gasteiger partial charge in [0.15, 0.2) is 5.17 Å². The number of amidine groups is 1. The molecule has 0 unspecified atom stereocenters. The van der Waals surface area contributed by atoms with Crippen LogP contribution in [0.1, 0.15) is 50.3 Å². The van der Waals surface area contributed by atoms with Crippen molar-refractivity contribution >= 4 is 28.9 Å². The topological polar surface area (TPSA) is 41.9 Å². The average Bonchev–Trinajstić information content (AvgIpc) is 2.84. The zero-order chi connectivity index (χ0) is 17.9. The minimum absolute atomic E-state index is 0.0380. The van der Waals surface area contributed by atoms with Crippen LogP contribution in [0.15, 0.2) is 22.0 Å². The van der Waals surface area contributed by atoms with Crippen molar-refractivity contribution in [2.45, 2.75) is 40.5 Å². The molecule has 1 fully saturated rings. The first-order chi connectivity index (χ1) is 11.4. The number of carbonyl (C=O) groups excluding carboxylic acids is 1. The van der Waals surface area contributed by atoms with Gasteiger partial charge in [-0.25, -0.2) is 0 Å². The number of aliphatic imine (C=N–C) groups is 1. The van der Waals surface area contributed by atoms with E-state index < -0.39 is 0 Å². The van der Waals surface area contributed by atoms with E-state index in [1.165, 1.54) is 11.8 Å². The van der Waals surface area contributed by atoms with E-state index in [1.54, 1.807) is 12.0 Å². The molecule has 0 N–H and O–H groups in total. The van der Waals surface area contributed by atoms with Gasteiger partial charge >= 0.3 is 0 Å². The van der Waals surface area contributed by atoms with Crippen LogP contribution in [0.25, 0.3) is 6.08 Å². The predicted octanol–water partition coefficient (Wildman–Crippen LogP) is 4.44. The number of ether oxygens (including phenoxy) is 1. The van der Waals surface area contributed by atoms with Gasteiger partial charge < -0.3 is 4.74 Å². The van der Waals surface area contributed by atoms with E-state index in [0.717, 1.165) is 32.5 Å². The van der Waals surface area contributed by atoms with Crippen molar-refractivity contribution in [1.82, 2.24) is 4.90 Å². The van der Waals surface area contributed by atoms with E-state index >= 15 is 0 Å². The van der Waals surface area contributed by atoms with Gasteiger partial charge in [-0.15, -0.1) is 0 Å². The van der Waals surface area contributed by atoms with Crippen LogP contribution >= 0.6 is 11.8 Å². The molecule has 5 heteroatoms. The summed E-state index contributed by atoms with van der Waals surface area (Å²) in [6, 6.07) is 4.18. The van der Waals surface area contributed by atoms with Crippen molar-refractivity contribution < 1.29 is 9.53 Å². The lowest BCUT2D eigenvalue weighted by molar-refractivity contribution is -0.122. The molecule has 1 aromatic carbocycles. The molecule has 0 spiro atoms. The molecule has 1 saturated heterocycles. The number of carbonyl (C=O) groups is 1. The second kappa shape index (κ2) is 7.88. The van der Waals surface area contributed by atoms with Gasteiger partial charge in [-0.05, 0) is 73.4 Å². The molecule has 0 saturated carbocycles. The van der Waals surface area contributed by atoms with Gasteiger partial charge in [-0.2, -0.15) is 0 Å². The Labute approximate surface area is 149 Å². The van der Waals surface area contributed by atoms with Gasteiger partial charge in [0.2, 0.25) is 0 Å². The Kier molecular flexibility index (Phi) is 6.10. The zero-order valence-corrected chi connectivity index (χ0v) is 16.2. The Hall–Kier alpha value is -1.75. The van der Waals surface area contributed by atoms with Gasteiger partial charge in [-0.3, -0.25) is 14.7 Å². The molecule has 1 aliphatic rings. The van der Waals surface area contributed by atoms with Gasteiger partial charge in [0, 0.05) is 13.1 Å². The first-order valence-corrected chi connectivity index (χ1v) is 9.18. The fourth-order valence-electron chi connectivity index (χ4n) is 2.68. The number of amides is 1. The van der Waals surface area contributed by atoms with Crippen LogP contribution in [0.2, 0.25) is 0 Å². The summed E-state index contributed by atoms with van der Waals surface area (Å²) >= 11 is 1.46. The van der Waals surface area contributed by atoms with Crippen molar-refractivity contribution in [1.29, 1.82) is 0 Å². The largest absolute Gasteiger partial charge is 0.496 e. The highest BCUT2D eigenvalue weighted by Gasteiger charge is 2.32. The normalized spacial score (nSPS) is 18.3. The molecular formula is C19H26N2O2S. The summed E-state index contributed by atoms with van der Waals surface area (Å²) < 4.78 is 5.50. The smallest absolute Gasteiger partial charge is 0.266 e. The van der Waals surface area contributed by atoms with Gasteiger partial charge in [0.25, 0.3) is 5.91 Å². The van der Waals surface area contributed by atoms with Crippen molar-refractivity contribution in [3.63, 3.8) is 0 Å². The molecule has 1 aromatic rings. The maximum absolute atomic E-state index is 12.6. The monoisotopic (exact) mass is 346 g/mol. The maximum atomic E-state index is 12.6. The number of rotatable bonds is 5. The molecule has 1 heterocycles. The first kappa shape index (κ1) is 18.6. The van der Waals surface area contributed by atoms with Crippen LogP contribution in [0.5, 0.6) is 5.75 Å². The summed E-state index contributed by atoms with van der Waals surface area (Å²) in [6.07, 6.45) is 1.98. The molecule has 0 aliphatic carbocycles. The minimum atomic E-state index is 0.0380. The third kappa shape index (κ3) is 3.66. The van der Waals surface area contributed by atoms with Crippen LogP contribution in [0, 0.1) is 6.92 Å². The Bertz CT molecular complexity index is 693. The maximum Gasteiger partial charge on any atom is 0.266 e. The number of hydrogen-bond donors (Lipinski definition) is 0. The summed E-state index contributed by atoms with van der Waals surface area (Å²) in [4.78, 5) is 19.5. The van der Waals surface area contributed by atoms with Crippen LogP contribution in [0.3, 0.4) is 0 Å².